The van der Waals surface area contributed by atoms with Gasteiger partial charge in [-0.05, 0) is 48.9 Å². The molecule has 1 unspecified atom stereocenters. The lowest BCUT2D eigenvalue weighted by atomic mass is 9.96. The van der Waals surface area contributed by atoms with Gasteiger partial charge in [0, 0.05) is 0 Å². The van der Waals surface area contributed by atoms with Crippen molar-refractivity contribution >= 4 is 11.8 Å². The normalized spacial score (nSPS) is 20.4. The highest BCUT2D eigenvalue weighted by atomic mass is 16.2. The number of aryl methyl sites for hydroxylation is 3. The van der Waals surface area contributed by atoms with E-state index in [-0.39, 0.29) is 11.8 Å². The highest BCUT2D eigenvalue weighted by Crippen LogP contribution is 2.20. The largest absolute Gasteiger partial charge is 0.342 e. The molecule has 124 valence electrons. The predicted molar refractivity (Wildman–Crippen MR) is 93.5 cm³/mol. The first-order valence-electron chi connectivity index (χ1n) is 8.26. The molecular weight excluding hydrogens is 300 g/mol. The Labute approximate surface area is 142 Å². The number of benzene rings is 2. The molecule has 4 heteroatoms. The molecule has 1 heterocycles. The Hall–Kier alpha value is -2.62. The van der Waals surface area contributed by atoms with Crippen LogP contribution < -0.4 is 10.6 Å². The molecule has 1 aliphatic heterocycles. The maximum Gasteiger partial charge on any atom is 0.247 e. The van der Waals surface area contributed by atoms with Gasteiger partial charge in [0.2, 0.25) is 11.8 Å². The van der Waals surface area contributed by atoms with Crippen molar-refractivity contribution < 1.29 is 9.59 Å². The molecule has 2 atom stereocenters. The number of hydrogen-bond acceptors (Lipinski definition) is 2. The zero-order chi connectivity index (χ0) is 17.1. The fourth-order valence-corrected chi connectivity index (χ4v) is 2.97. The van der Waals surface area contributed by atoms with E-state index >= 15 is 0 Å². The van der Waals surface area contributed by atoms with Crippen LogP contribution in [0.15, 0.2) is 48.5 Å². The van der Waals surface area contributed by atoms with Gasteiger partial charge in [-0.1, -0.05) is 48.5 Å². The van der Waals surface area contributed by atoms with Gasteiger partial charge in [-0.3, -0.25) is 9.59 Å². The molecule has 0 spiro atoms. The number of carbonyl (C=O) groups excluding carboxylic acids is 2. The lowest BCUT2D eigenvalue weighted by Gasteiger charge is -2.30. The molecule has 0 aromatic heterocycles. The van der Waals surface area contributed by atoms with Gasteiger partial charge < -0.3 is 10.6 Å². The fourth-order valence-electron chi connectivity index (χ4n) is 2.97. The Kier molecular flexibility index (Phi) is 4.65. The molecule has 2 aromatic rings. The van der Waals surface area contributed by atoms with E-state index in [0.717, 1.165) is 23.1 Å². The van der Waals surface area contributed by atoms with E-state index in [9.17, 15) is 9.59 Å². The third-order valence-corrected chi connectivity index (χ3v) is 4.61. The Morgan fingerprint density at radius 3 is 2.33 bits per heavy atom. The molecule has 2 aromatic carbocycles. The van der Waals surface area contributed by atoms with Gasteiger partial charge >= 0.3 is 0 Å². The van der Waals surface area contributed by atoms with E-state index in [1.807, 2.05) is 62.4 Å². The van der Waals surface area contributed by atoms with Gasteiger partial charge in [-0.15, -0.1) is 0 Å². The maximum absolute atomic E-state index is 12.4. The van der Waals surface area contributed by atoms with Crippen molar-refractivity contribution in [3.63, 3.8) is 0 Å². The van der Waals surface area contributed by atoms with Crippen LogP contribution in [0.25, 0.3) is 0 Å². The third kappa shape index (κ3) is 3.48. The summed E-state index contributed by atoms with van der Waals surface area (Å²) in [5.74, 6) is -0.260. The lowest BCUT2D eigenvalue weighted by Crippen LogP contribution is -2.57. The molecule has 2 N–H and O–H groups in total. The Morgan fingerprint density at radius 1 is 0.875 bits per heavy atom. The van der Waals surface area contributed by atoms with Crippen molar-refractivity contribution in [3.05, 3.63) is 70.8 Å². The number of rotatable bonds is 4. The number of carbonyl (C=O) groups is 2. The number of nitrogens with one attached hydrogen (secondary N) is 2. The SMILES string of the molecule is Cc1ccc(C2NC(=O)[C@H](CCc3ccccc3)NC2=O)cc1C. The molecule has 24 heavy (non-hydrogen) atoms. The van der Waals surface area contributed by atoms with Crippen LogP contribution in [0, 0.1) is 13.8 Å². The smallest absolute Gasteiger partial charge is 0.247 e. The van der Waals surface area contributed by atoms with E-state index in [0.29, 0.717) is 6.42 Å². The summed E-state index contributed by atoms with van der Waals surface area (Å²) in [6.45, 7) is 4.03. The summed E-state index contributed by atoms with van der Waals surface area (Å²) in [7, 11) is 0. The molecule has 4 nitrogen and oxygen atoms in total. The number of piperazine rings is 1. The molecule has 0 radical (unpaired) electrons. The predicted octanol–water partition coefficient (Wildman–Crippen LogP) is 2.59. The monoisotopic (exact) mass is 322 g/mol. The first-order valence-corrected chi connectivity index (χ1v) is 8.26. The van der Waals surface area contributed by atoms with Gasteiger partial charge in [0.25, 0.3) is 0 Å². The molecular formula is C20H22N2O2. The highest BCUT2D eigenvalue weighted by molar-refractivity contribution is 5.97. The van der Waals surface area contributed by atoms with Crippen LogP contribution in [0.4, 0.5) is 0 Å². The summed E-state index contributed by atoms with van der Waals surface area (Å²) >= 11 is 0. The zero-order valence-electron chi connectivity index (χ0n) is 14.0. The van der Waals surface area contributed by atoms with Crippen LogP contribution in [-0.4, -0.2) is 17.9 Å². The quantitative estimate of drug-likeness (QED) is 0.909. The van der Waals surface area contributed by atoms with E-state index in [1.54, 1.807) is 0 Å². The molecule has 1 saturated heterocycles. The summed E-state index contributed by atoms with van der Waals surface area (Å²) in [5.41, 5.74) is 4.27. The number of hydrogen-bond donors (Lipinski definition) is 2. The molecule has 0 aliphatic carbocycles. The van der Waals surface area contributed by atoms with Crippen molar-refractivity contribution in [2.45, 2.75) is 38.8 Å². The Bertz CT molecular complexity index is 755. The minimum atomic E-state index is -0.607. The van der Waals surface area contributed by atoms with Crippen LogP contribution >= 0.6 is 0 Å². The van der Waals surface area contributed by atoms with Crippen LogP contribution in [-0.2, 0) is 16.0 Å². The van der Waals surface area contributed by atoms with Crippen molar-refractivity contribution in [2.75, 3.05) is 0 Å². The summed E-state index contributed by atoms with van der Waals surface area (Å²) in [4.78, 5) is 24.8. The van der Waals surface area contributed by atoms with E-state index in [1.165, 1.54) is 5.56 Å². The zero-order valence-corrected chi connectivity index (χ0v) is 14.0. The van der Waals surface area contributed by atoms with Crippen molar-refractivity contribution in [1.82, 2.24) is 10.6 Å². The van der Waals surface area contributed by atoms with Crippen LogP contribution in [0.3, 0.4) is 0 Å². The molecule has 1 fully saturated rings. The van der Waals surface area contributed by atoms with Gasteiger partial charge in [0.05, 0.1) is 0 Å². The standard InChI is InChI=1S/C20H22N2O2/c1-13-8-10-16(12-14(13)2)18-20(24)21-17(19(23)22-18)11-9-15-6-4-3-5-7-15/h3-8,10,12,17-18H,9,11H2,1-2H3,(H,21,24)(H,22,23)/t17-,18?/m0/s1. The van der Waals surface area contributed by atoms with Gasteiger partial charge in [0.1, 0.15) is 12.1 Å². The minimum absolute atomic E-state index is 0.117. The Balaban J connectivity index is 1.66. The van der Waals surface area contributed by atoms with Crippen LogP contribution in [0.1, 0.15) is 34.7 Å². The van der Waals surface area contributed by atoms with Crippen molar-refractivity contribution in [1.29, 1.82) is 0 Å². The average Bonchev–Trinajstić information content (AvgIpc) is 2.59. The average molecular weight is 322 g/mol. The molecule has 0 bridgehead atoms. The van der Waals surface area contributed by atoms with Crippen LogP contribution in [0.5, 0.6) is 0 Å². The van der Waals surface area contributed by atoms with Crippen molar-refractivity contribution in [3.8, 4) is 0 Å². The topological polar surface area (TPSA) is 58.2 Å². The Morgan fingerprint density at radius 2 is 1.62 bits per heavy atom. The highest BCUT2D eigenvalue weighted by Gasteiger charge is 2.34. The summed E-state index contributed by atoms with van der Waals surface area (Å²) in [6.07, 6.45) is 1.36. The van der Waals surface area contributed by atoms with Gasteiger partial charge in [-0.2, -0.15) is 0 Å². The minimum Gasteiger partial charge on any atom is -0.342 e. The second-order valence-electron chi connectivity index (χ2n) is 6.37. The molecule has 1 aliphatic rings. The molecule has 2 amide bonds. The van der Waals surface area contributed by atoms with E-state index in [4.69, 9.17) is 0 Å². The van der Waals surface area contributed by atoms with E-state index in [2.05, 4.69) is 10.6 Å². The van der Waals surface area contributed by atoms with Crippen LogP contribution in [0.2, 0.25) is 0 Å². The summed E-state index contributed by atoms with van der Waals surface area (Å²) in [6, 6.07) is 14.7. The molecule has 3 rings (SSSR count). The first kappa shape index (κ1) is 16.2. The fraction of sp³-hybridized carbons (Fsp3) is 0.300. The third-order valence-electron chi connectivity index (χ3n) is 4.61. The first-order chi connectivity index (χ1) is 11.5. The summed E-state index contributed by atoms with van der Waals surface area (Å²) < 4.78 is 0. The lowest BCUT2D eigenvalue weighted by molar-refractivity contribution is -0.137. The second kappa shape index (κ2) is 6.87. The molecule has 0 saturated carbocycles. The second-order valence-corrected chi connectivity index (χ2v) is 6.37. The maximum atomic E-state index is 12.4. The van der Waals surface area contributed by atoms with Gasteiger partial charge in [0.15, 0.2) is 0 Å². The number of amides is 2. The van der Waals surface area contributed by atoms with Gasteiger partial charge in [-0.25, -0.2) is 0 Å². The van der Waals surface area contributed by atoms with Crippen molar-refractivity contribution in [2.24, 2.45) is 0 Å². The summed E-state index contributed by atoms with van der Waals surface area (Å²) in [5, 5.41) is 5.73. The van der Waals surface area contributed by atoms with E-state index < -0.39 is 12.1 Å².